The first-order valence-electron chi connectivity index (χ1n) is 7.52. The first kappa shape index (κ1) is 17.9. The number of carbonyl (C=O) groups is 4. The van der Waals surface area contributed by atoms with E-state index in [2.05, 4.69) is 0 Å². The maximum absolute atomic E-state index is 12.3. The fraction of sp³-hybridized carbons (Fsp3) is 0.714. The summed E-state index contributed by atoms with van der Waals surface area (Å²) in [5, 5.41) is 0.197. The van der Waals surface area contributed by atoms with Crippen LogP contribution in [0.3, 0.4) is 0 Å². The second kappa shape index (κ2) is 9.75. The predicted octanol–water partition coefficient (Wildman–Crippen LogP) is 0.331. The van der Waals surface area contributed by atoms with Gasteiger partial charge in [0.25, 0.3) is 0 Å². The molecule has 0 aromatic rings. The molecule has 8 nitrogen and oxygen atoms in total. The van der Waals surface area contributed by atoms with E-state index >= 15 is 0 Å². The van der Waals surface area contributed by atoms with Crippen molar-refractivity contribution < 1.29 is 34.8 Å². The highest BCUT2D eigenvalue weighted by Gasteiger charge is 2.50. The van der Waals surface area contributed by atoms with Gasteiger partial charge in [-0.15, -0.1) is 0 Å². The summed E-state index contributed by atoms with van der Waals surface area (Å²) in [7, 11) is 0. The van der Waals surface area contributed by atoms with E-state index in [9.17, 15) is 19.2 Å². The summed E-state index contributed by atoms with van der Waals surface area (Å²) >= 11 is 0. The van der Waals surface area contributed by atoms with Crippen molar-refractivity contribution in [2.24, 2.45) is 0 Å². The van der Waals surface area contributed by atoms with Crippen molar-refractivity contribution in [1.29, 1.82) is 0 Å². The van der Waals surface area contributed by atoms with Crippen molar-refractivity contribution in [3.63, 3.8) is 0 Å². The van der Waals surface area contributed by atoms with Gasteiger partial charge in [0.1, 0.15) is 0 Å². The Morgan fingerprint density at radius 3 is 1.77 bits per heavy atom. The lowest BCUT2D eigenvalue weighted by atomic mass is 9.93. The van der Waals surface area contributed by atoms with Crippen LogP contribution in [0.25, 0.3) is 0 Å². The number of hydrogen-bond acceptors (Lipinski definition) is 7. The van der Waals surface area contributed by atoms with Crippen LogP contribution in [0, 0.1) is 0 Å². The fourth-order valence-corrected chi connectivity index (χ4v) is 1.72. The second-order valence-electron chi connectivity index (χ2n) is 4.24. The molecule has 0 saturated heterocycles. The van der Waals surface area contributed by atoms with Crippen LogP contribution in [-0.4, -0.2) is 49.2 Å². The van der Waals surface area contributed by atoms with Crippen LogP contribution in [-0.2, 0) is 33.4 Å². The average molecular weight is 318 g/mol. The summed E-state index contributed by atoms with van der Waals surface area (Å²) in [6, 6.07) is 0. The number of carbonyl (C=O) groups excluding carboxylic acids is 4. The van der Waals surface area contributed by atoms with Crippen LogP contribution in [0.2, 0.25) is 1.41 Å². The highest BCUT2D eigenvalue weighted by Crippen LogP contribution is 2.19. The van der Waals surface area contributed by atoms with E-state index in [0.29, 0.717) is 0 Å². The molecular weight excluding hydrogens is 294 g/mol. The van der Waals surface area contributed by atoms with Crippen LogP contribution >= 0.6 is 0 Å². The van der Waals surface area contributed by atoms with Crippen LogP contribution in [0.5, 0.6) is 0 Å². The summed E-state index contributed by atoms with van der Waals surface area (Å²) in [5.41, 5.74) is -2.34. The average Bonchev–Trinajstić information content (AvgIpc) is 2.48. The van der Waals surface area contributed by atoms with E-state index in [4.69, 9.17) is 15.6 Å². The maximum atomic E-state index is 12.3. The third-order valence-corrected chi connectivity index (χ3v) is 2.57. The maximum Gasteiger partial charge on any atom is 0.343 e. The quantitative estimate of drug-likeness (QED) is 0.371. The lowest BCUT2D eigenvalue weighted by Gasteiger charge is -2.29. The van der Waals surface area contributed by atoms with E-state index in [-0.39, 0.29) is 31.6 Å². The highest BCUT2D eigenvalue weighted by molar-refractivity contribution is 6.08. The molecule has 0 radical (unpaired) electrons. The molecule has 0 aliphatic heterocycles. The Kier molecular flexibility index (Phi) is 7.95. The Morgan fingerprint density at radius 1 is 0.955 bits per heavy atom. The minimum atomic E-state index is -2.34. The molecule has 0 atom stereocenters. The monoisotopic (exact) mass is 318 g/mol. The van der Waals surface area contributed by atoms with Gasteiger partial charge in [-0.3, -0.25) is 9.59 Å². The molecule has 22 heavy (non-hydrogen) atoms. The molecule has 0 aliphatic rings. The zero-order valence-corrected chi connectivity index (χ0v) is 13.3. The van der Waals surface area contributed by atoms with Gasteiger partial charge in [-0.05, 0) is 20.8 Å². The first-order valence-corrected chi connectivity index (χ1v) is 7.07. The first-order chi connectivity index (χ1) is 10.8. The molecule has 0 aromatic heterocycles. The van der Waals surface area contributed by atoms with Crippen molar-refractivity contribution >= 4 is 23.8 Å². The highest BCUT2D eigenvalue weighted by atomic mass is 16.6. The van der Waals surface area contributed by atoms with Gasteiger partial charge in [-0.1, -0.05) is 0 Å². The molecule has 0 spiro atoms. The van der Waals surface area contributed by atoms with Crippen molar-refractivity contribution in [2.45, 2.75) is 46.1 Å². The fourth-order valence-electron chi connectivity index (χ4n) is 1.72. The zero-order chi connectivity index (χ0) is 18.0. The Balaban J connectivity index is 5.72. The summed E-state index contributed by atoms with van der Waals surface area (Å²) in [5.74, 6) is -3.77. The third-order valence-electron chi connectivity index (χ3n) is 2.57. The number of hydrogen-bond donors (Lipinski definition) is 1. The van der Waals surface area contributed by atoms with E-state index in [1.807, 2.05) is 0 Å². The van der Waals surface area contributed by atoms with Gasteiger partial charge >= 0.3 is 17.9 Å². The summed E-state index contributed by atoms with van der Waals surface area (Å²) < 4.78 is 22.2. The van der Waals surface area contributed by atoms with Crippen LogP contribution in [0.15, 0.2) is 0 Å². The standard InChI is InChI=1S/C14H23NO7/c1-5-20-11(17)8-9-14(15-10(4)16,12(18)21-6-2)13(19)22-7-3/h5-9H2,1-4H3,(H,15,16)/i/hD. The van der Waals surface area contributed by atoms with E-state index in [1.54, 1.807) is 6.92 Å². The Morgan fingerprint density at radius 2 is 1.41 bits per heavy atom. The molecule has 8 heteroatoms. The molecule has 0 heterocycles. The summed E-state index contributed by atoms with van der Waals surface area (Å²) in [6.07, 6.45) is -0.819. The van der Waals surface area contributed by atoms with Gasteiger partial charge in [0, 0.05) is 19.8 Å². The molecule has 0 saturated carbocycles. The van der Waals surface area contributed by atoms with Crippen molar-refractivity contribution in [3.05, 3.63) is 0 Å². The molecule has 0 aromatic carbocycles. The minimum Gasteiger partial charge on any atom is -0.466 e. The van der Waals surface area contributed by atoms with E-state index in [0.717, 1.165) is 6.92 Å². The lowest BCUT2D eigenvalue weighted by molar-refractivity contribution is -0.168. The molecule has 0 fully saturated rings. The molecular formula is C14H23NO7. The predicted molar refractivity (Wildman–Crippen MR) is 75.7 cm³/mol. The summed E-state index contributed by atoms with van der Waals surface area (Å²) in [6.45, 7) is 5.65. The van der Waals surface area contributed by atoms with Crippen LogP contribution < -0.4 is 5.31 Å². The number of ether oxygens (including phenoxy) is 3. The van der Waals surface area contributed by atoms with Gasteiger partial charge in [0.15, 0.2) is 1.41 Å². The molecule has 0 unspecified atom stereocenters. The molecule has 0 aliphatic carbocycles. The molecule has 0 bridgehead atoms. The van der Waals surface area contributed by atoms with Gasteiger partial charge < -0.3 is 19.5 Å². The molecule has 0 rings (SSSR count). The number of amides is 1. The topological polar surface area (TPSA) is 108 Å². The molecule has 126 valence electrons. The van der Waals surface area contributed by atoms with E-state index in [1.165, 1.54) is 13.8 Å². The SMILES string of the molecule is [2H]N(C(C)=O)C(CCC(=O)OCC)(C(=O)OCC)C(=O)OCC. The van der Waals surface area contributed by atoms with Gasteiger partial charge in [-0.25, -0.2) is 9.59 Å². The zero-order valence-electron chi connectivity index (χ0n) is 14.3. The second-order valence-corrected chi connectivity index (χ2v) is 4.24. The largest absolute Gasteiger partial charge is 0.466 e. The van der Waals surface area contributed by atoms with Gasteiger partial charge in [0.2, 0.25) is 11.4 Å². The molecule has 1 N–H and O–H groups in total. The number of esters is 3. The van der Waals surface area contributed by atoms with Crippen LogP contribution in [0.4, 0.5) is 0 Å². The third kappa shape index (κ3) is 5.71. The summed E-state index contributed by atoms with van der Waals surface area (Å²) in [4.78, 5) is 47.8. The molecule has 1 amide bonds. The Labute approximate surface area is 130 Å². The normalized spacial score (nSPS) is 11.2. The Bertz CT molecular complexity index is 434. The number of nitrogens with one attached hydrogen (secondary N) is 1. The van der Waals surface area contributed by atoms with E-state index < -0.39 is 35.8 Å². The van der Waals surface area contributed by atoms with Crippen molar-refractivity contribution in [3.8, 4) is 0 Å². The minimum absolute atomic E-state index is 0.0643. The van der Waals surface area contributed by atoms with Crippen molar-refractivity contribution in [1.82, 2.24) is 5.31 Å². The number of rotatable bonds is 9. The van der Waals surface area contributed by atoms with Crippen LogP contribution in [0.1, 0.15) is 40.5 Å². The van der Waals surface area contributed by atoms with Gasteiger partial charge in [0.05, 0.1) is 19.8 Å². The van der Waals surface area contributed by atoms with Gasteiger partial charge in [-0.2, -0.15) is 0 Å². The van der Waals surface area contributed by atoms with Crippen molar-refractivity contribution in [2.75, 3.05) is 19.8 Å². The smallest absolute Gasteiger partial charge is 0.343 e. The lowest BCUT2D eigenvalue weighted by Crippen LogP contribution is -2.61. The Hall–Kier alpha value is -2.12.